The molecule has 0 spiro atoms. The van der Waals surface area contributed by atoms with E-state index in [1.165, 1.54) is 18.5 Å². The minimum atomic E-state index is -0.633. The molecule has 0 saturated heterocycles. The molecular weight excluding hydrogens is 458 g/mol. The number of H-pyrrole nitrogens is 1. The average molecular weight is 479 g/mol. The van der Waals surface area contributed by atoms with Crippen molar-refractivity contribution in [2.45, 2.75) is 0 Å². The molecule has 8 nitrogen and oxygen atoms in total. The molecule has 0 fully saturated rings. The second-order valence-electron chi connectivity index (χ2n) is 7.76. The Bertz CT molecular complexity index is 1550. The molecule has 0 bridgehead atoms. The van der Waals surface area contributed by atoms with Crippen LogP contribution in [0.3, 0.4) is 0 Å². The summed E-state index contributed by atoms with van der Waals surface area (Å²) >= 11 is 0. The van der Waals surface area contributed by atoms with Gasteiger partial charge in [0.1, 0.15) is 17.2 Å². The minimum Gasteiger partial charge on any atom is -0.497 e. The van der Waals surface area contributed by atoms with Crippen LogP contribution >= 0.6 is 0 Å². The molecule has 0 aliphatic heterocycles. The van der Waals surface area contributed by atoms with E-state index in [0.717, 1.165) is 22.0 Å². The van der Waals surface area contributed by atoms with Gasteiger partial charge in [0.05, 0.1) is 19.6 Å². The maximum absolute atomic E-state index is 13.2. The molecular formula is C28H21N3O5. The van der Waals surface area contributed by atoms with Gasteiger partial charge < -0.3 is 18.9 Å². The molecule has 2 aromatic heterocycles. The Morgan fingerprint density at radius 2 is 1.78 bits per heavy atom. The predicted octanol–water partition coefficient (Wildman–Crippen LogP) is 5.42. The average Bonchev–Trinajstić information content (AvgIpc) is 3.58. The van der Waals surface area contributed by atoms with Crippen LogP contribution in [0.2, 0.25) is 0 Å². The number of esters is 1. The summed E-state index contributed by atoms with van der Waals surface area (Å²) in [4.78, 5) is 28.6. The lowest BCUT2D eigenvalue weighted by Gasteiger charge is -2.06. The quantitative estimate of drug-likeness (QED) is 0.140. The monoisotopic (exact) mass is 479 g/mol. The smallest absolute Gasteiger partial charge is 0.379 e. The molecule has 5 rings (SSSR count). The molecule has 0 radical (unpaired) electrons. The van der Waals surface area contributed by atoms with E-state index in [1.54, 1.807) is 37.4 Å². The van der Waals surface area contributed by atoms with Crippen LogP contribution in [-0.2, 0) is 0 Å². The first-order valence-electron chi connectivity index (χ1n) is 11.1. The fraction of sp³-hybridized carbons (Fsp3) is 0.0357. The normalized spacial score (nSPS) is 11.0. The van der Waals surface area contributed by atoms with E-state index >= 15 is 0 Å². The van der Waals surface area contributed by atoms with Crippen molar-refractivity contribution in [3.63, 3.8) is 0 Å². The van der Waals surface area contributed by atoms with Crippen LogP contribution in [0.15, 0.2) is 101 Å². The topological polar surface area (TPSA) is 106 Å². The SMILES string of the molecule is COc1ccc2[nH]c(C(=O)NN=Cc3ccccc3OC(=O)c3ccco3)c(-c3ccccc3)c2c1. The summed E-state index contributed by atoms with van der Waals surface area (Å²) in [6.07, 6.45) is 2.81. The summed E-state index contributed by atoms with van der Waals surface area (Å²) in [5, 5.41) is 4.96. The third kappa shape index (κ3) is 4.60. The summed E-state index contributed by atoms with van der Waals surface area (Å²) in [7, 11) is 1.60. The van der Waals surface area contributed by atoms with Crippen LogP contribution in [-0.4, -0.2) is 30.2 Å². The molecule has 0 saturated carbocycles. The van der Waals surface area contributed by atoms with Gasteiger partial charge in [-0.05, 0) is 48.0 Å². The molecule has 0 aliphatic carbocycles. The number of hydrogen-bond acceptors (Lipinski definition) is 6. The zero-order valence-electron chi connectivity index (χ0n) is 19.2. The second kappa shape index (κ2) is 10.0. The first-order chi connectivity index (χ1) is 17.6. The molecule has 3 aromatic carbocycles. The Labute approximate surface area is 206 Å². The number of ether oxygens (including phenoxy) is 2. The number of nitrogens with zero attached hydrogens (tertiary/aromatic N) is 1. The van der Waals surface area contributed by atoms with Crippen LogP contribution in [0, 0.1) is 0 Å². The Morgan fingerprint density at radius 3 is 2.56 bits per heavy atom. The summed E-state index contributed by atoms with van der Waals surface area (Å²) < 4.78 is 15.9. The fourth-order valence-corrected chi connectivity index (χ4v) is 3.81. The fourth-order valence-electron chi connectivity index (χ4n) is 3.81. The Morgan fingerprint density at radius 1 is 0.972 bits per heavy atom. The van der Waals surface area contributed by atoms with Gasteiger partial charge >= 0.3 is 5.97 Å². The van der Waals surface area contributed by atoms with E-state index in [-0.39, 0.29) is 11.5 Å². The Kier molecular flexibility index (Phi) is 6.31. The van der Waals surface area contributed by atoms with Crippen LogP contribution in [0.1, 0.15) is 26.6 Å². The van der Waals surface area contributed by atoms with Gasteiger partial charge in [-0.1, -0.05) is 42.5 Å². The maximum Gasteiger partial charge on any atom is 0.379 e. The molecule has 8 heteroatoms. The van der Waals surface area contributed by atoms with Gasteiger partial charge in [0.15, 0.2) is 0 Å². The zero-order chi connectivity index (χ0) is 24.9. The number of rotatable bonds is 7. The van der Waals surface area contributed by atoms with Crippen molar-refractivity contribution in [2.24, 2.45) is 5.10 Å². The lowest BCUT2D eigenvalue weighted by Crippen LogP contribution is -2.19. The number of hydrogen-bond donors (Lipinski definition) is 2. The second-order valence-corrected chi connectivity index (χ2v) is 7.76. The number of benzene rings is 3. The van der Waals surface area contributed by atoms with Crippen molar-refractivity contribution < 1.29 is 23.5 Å². The zero-order valence-corrected chi connectivity index (χ0v) is 19.2. The number of furan rings is 1. The van der Waals surface area contributed by atoms with Crippen LogP contribution < -0.4 is 14.9 Å². The molecule has 36 heavy (non-hydrogen) atoms. The van der Waals surface area contributed by atoms with Gasteiger partial charge in [0.2, 0.25) is 5.76 Å². The molecule has 178 valence electrons. The summed E-state index contributed by atoms with van der Waals surface area (Å²) in [5.74, 6) is -0.0147. The number of fused-ring (bicyclic) bond motifs is 1. The van der Waals surface area contributed by atoms with Gasteiger partial charge in [-0.2, -0.15) is 5.10 Å². The number of aromatic nitrogens is 1. The van der Waals surface area contributed by atoms with Gasteiger partial charge in [-0.25, -0.2) is 10.2 Å². The van der Waals surface area contributed by atoms with Gasteiger partial charge in [-0.3, -0.25) is 4.79 Å². The Hall–Kier alpha value is -5.11. The highest BCUT2D eigenvalue weighted by Crippen LogP contribution is 2.34. The number of amides is 1. The summed E-state index contributed by atoms with van der Waals surface area (Å²) in [6.45, 7) is 0. The number of para-hydroxylation sites is 1. The first-order valence-corrected chi connectivity index (χ1v) is 11.1. The molecule has 2 heterocycles. The number of carbonyl (C=O) groups is 2. The highest BCUT2D eigenvalue weighted by Gasteiger charge is 2.20. The van der Waals surface area contributed by atoms with Crippen LogP contribution in [0.25, 0.3) is 22.0 Å². The van der Waals surface area contributed by atoms with Gasteiger partial charge in [0, 0.05) is 22.0 Å². The highest BCUT2D eigenvalue weighted by molar-refractivity contribution is 6.10. The highest BCUT2D eigenvalue weighted by atomic mass is 16.5. The molecule has 0 atom stereocenters. The van der Waals surface area contributed by atoms with Crippen molar-refractivity contribution in [1.29, 1.82) is 0 Å². The molecule has 2 N–H and O–H groups in total. The van der Waals surface area contributed by atoms with Gasteiger partial charge in [-0.15, -0.1) is 0 Å². The number of hydrazone groups is 1. The number of carbonyl (C=O) groups excluding carboxylic acids is 2. The van der Waals surface area contributed by atoms with Crippen LogP contribution in [0.4, 0.5) is 0 Å². The van der Waals surface area contributed by atoms with E-state index in [4.69, 9.17) is 13.9 Å². The summed E-state index contributed by atoms with van der Waals surface area (Å²) in [6, 6.07) is 25.1. The van der Waals surface area contributed by atoms with Crippen molar-refractivity contribution in [1.82, 2.24) is 10.4 Å². The molecule has 0 unspecified atom stereocenters. The van der Waals surface area contributed by atoms with Gasteiger partial charge in [0.25, 0.3) is 5.91 Å². The molecule has 5 aromatic rings. The van der Waals surface area contributed by atoms with E-state index in [1.807, 2.05) is 48.5 Å². The number of nitrogens with one attached hydrogen (secondary N) is 2. The van der Waals surface area contributed by atoms with Crippen molar-refractivity contribution >= 4 is 29.0 Å². The standard InChI is InChI=1S/C28H21N3O5/c1-34-20-13-14-22-21(16-20)25(18-8-3-2-4-9-18)26(30-22)27(32)31-29-17-19-10-5-6-11-23(19)36-28(33)24-12-7-15-35-24/h2-17,30H,1H3,(H,31,32). The third-order valence-electron chi connectivity index (χ3n) is 5.51. The van der Waals surface area contributed by atoms with E-state index in [0.29, 0.717) is 17.0 Å². The Balaban J connectivity index is 1.41. The maximum atomic E-state index is 13.2. The third-order valence-corrected chi connectivity index (χ3v) is 5.51. The molecule has 0 aliphatic rings. The number of methoxy groups -OCH3 is 1. The van der Waals surface area contributed by atoms with Crippen molar-refractivity contribution in [2.75, 3.05) is 7.11 Å². The van der Waals surface area contributed by atoms with E-state index < -0.39 is 11.9 Å². The van der Waals surface area contributed by atoms with E-state index in [9.17, 15) is 9.59 Å². The van der Waals surface area contributed by atoms with Crippen molar-refractivity contribution in [3.05, 3.63) is 108 Å². The first kappa shape index (κ1) is 22.7. The van der Waals surface area contributed by atoms with Crippen molar-refractivity contribution in [3.8, 4) is 22.6 Å². The predicted molar refractivity (Wildman–Crippen MR) is 135 cm³/mol. The lowest BCUT2D eigenvalue weighted by molar-refractivity contribution is 0.0701. The molecule has 1 amide bonds. The lowest BCUT2D eigenvalue weighted by atomic mass is 10.0. The van der Waals surface area contributed by atoms with Crippen LogP contribution in [0.5, 0.6) is 11.5 Å². The minimum absolute atomic E-state index is 0.0823. The van der Waals surface area contributed by atoms with E-state index in [2.05, 4.69) is 15.5 Å². The number of aromatic amines is 1. The largest absolute Gasteiger partial charge is 0.497 e. The summed E-state index contributed by atoms with van der Waals surface area (Å²) in [5.41, 5.74) is 5.83.